The van der Waals surface area contributed by atoms with Crippen molar-refractivity contribution in [2.75, 3.05) is 6.61 Å². The van der Waals surface area contributed by atoms with Crippen molar-refractivity contribution in [1.82, 2.24) is 9.55 Å². The molecule has 0 aliphatic carbocycles. The lowest BCUT2D eigenvalue weighted by Crippen LogP contribution is -2.24. The molecule has 1 aromatic heterocycles. The summed E-state index contributed by atoms with van der Waals surface area (Å²) in [5.41, 5.74) is 0.729. The summed E-state index contributed by atoms with van der Waals surface area (Å²) in [4.78, 5) is 15.6. The molecule has 1 aromatic rings. The summed E-state index contributed by atoms with van der Waals surface area (Å²) in [7, 11) is 0. The van der Waals surface area contributed by atoms with Gasteiger partial charge in [-0.2, -0.15) is 0 Å². The van der Waals surface area contributed by atoms with Crippen LogP contribution in [0.4, 0.5) is 0 Å². The molecular formula is C8H11IN2O2. The number of hydrogen-bond acceptors (Lipinski definition) is 3. The Hall–Kier alpha value is -0.430. The number of aliphatic hydroxyl groups excluding tert-OH is 1. The molecule has 1 N–H and O–H groups in total. The van der Waals surface area contributed by atoms with E-state index in [2.05, 4.69) is 4.98 Å². The molecule has 0 aliphatic rings. The SMILES string of the molecule is Cc1ncn(CCCO)c(=O)c1I. The van der Waals surface area contributed by atoms with Gasteiger partial charge in [0, 0.05) is 13.2 Å². The fourth-order valence-electron chi connectivity index (χ4n) is 0.947. The molecule has 1 rings (SSSR count). The minimum atomic E-state index is -0.0263. The Labute approximate surface area is 89.8 Å². The molecule has 5 heteroatoms. The highest BCUT2D eigenvalue weighted by molar-refractivity contribution is 14.1. The number of halogens is 1. The van der Waals surface area contributed by atoms with Gasteiger partial charge in [-0.3, -0.25) is 9.36 Å². The van der Waals surface area contributed by atoms with Gasteiger partial charge in [0.25, 0.3) is 5.56 Å². The third-order valence-electron chi connectivity index (χ3n) is 1.71. The van der Waals surface area contributed by atoms with Crippen LogP contribution in [0.15, 0.2) is 11.1 Å². The van der Waals surface area contributed by atoms with Gasteiger partial charge >= 0.3 is 0 Å². The highest BCUT2D eigenvalue weighted by Crippen LogP contribution is 2.01. The first-order valence-electron chi connectivity index (χ1n) is 3.99. The highest BCUT2D eigenvalue weighted by atomic mass is 127. The molecule has 0 spiro atoms. The third-order valence-corrected chi connectivity index (χ3v) is 2.96. The molecule has 0 aromatic carbocycles. The van der Waals surface area contributed by atoms with E-state index in [1.54, 1.807) is 6.92 Å². The van der Waals surface area contributed by atoms with Crippen molar-refractivity contribution in [2.45, 2.75) is 19.9 Å². The molecule has 0 amide bonds. The van der Waals surface area contributed by atoms with Gasteiger partial charge in [-0.05, 0) is 35.9 Å². The summed E-state index contributed by atoms with van der Waals surface area (Å²) in [6, 6.07) is 0. The lowest BCUT2D eigenvalue weighted by Gasteiger charge is -2.04. The lowest BCUT2D eigenvalue weighted by molar-refractivity contribution is 0.278. The third kappa shape index (κ3) is 2.50. The van der Waals surface area contributed by atoms with E-state index in [1.165, 1.54) is 10.9 Å². The van der Waals surface area contributed by atoms with Gasteiger partial charge < -0.3 is 5.11 Å². The van der Waals surface area contributed by atoms with Crippen LogP contribution in [0.1, 0.15) is 12.1 Å². The van der Waals surface area contributed by atoms with E-state index < -0.39 is 0 Å². The monoisotopic (exact) mass is 294 g/mol. The molecule has 0 atom stereocenters. The molecule has 13 heavy (non-hydrogen) atoms. The second-order valence-electron chi connectivity index (χ2n) is 2.72. The molecule has 0 bridgehead atoms. The van der Waals surface area contributed by atoms with Crippen LogP contribution in [0.2, 0.25) is 0 Å². The van der Waals surface area contributed by atoms with E-state index in [0.29, 0.717) is 16.5 Å². The van der Waals surface area contributed by atoms with E-state index in [9.17, 15) is 4.79 Å². The standard InChI is InChI=1S/C8H11IN2O2/c1-6-7(9)8(13)11(5-10-6)3-2-4-12/h5,12H,2-4H2,1H3. The van der Waals surface area contributed by atoms with Crippen LogP contribution in [0.5, 0.6) is 0 Å². The molecule has 0 aliphatic heterocycles. The molecule has 72 valence electrons. The van der Waals surface area contributed by atoms with E-state index in [0.717, 1.165) is 5.69 Å². The van der Waals surface area contributed by atoms with Crippen LogP contribution in [-0.4, -0.2) is 21.3 Å². The first kappa shape index (κ1) is 10.6. The second-order valence-corrected chi connectivity index (χ2v) is 3.80. The summed E-state index contributed by atoms with van der Waals surface area (Å²) in [6.45, 7) is 2.43. The predicted octanol–water partition coefficient (Wildman–Crippen LogP) is 0.539. The number of aromatic nitrogens is 2. The van der Waals surface area contributed by atoms with E-state index >= 15 is 0 Å². The van der Waals surface area contributed by atoms with Crippen molar-refractivity contribution < 1.29 is 5.11 Å². The fraction of sp³-hybridized carbons (Fsp3) is 0.500. The van der Waals surface area contributed by atoms with Gasteiger partial charge in [0.2, 0.25) is 0 Å². The molecule has 0 unspecified atom stereocenters. The normalized spacial score (nSPS) is 10.4. The maximum Gasteiger partial charge on any atom is 0.267 e. The highest BCUT2D eigenvalue weighted by Gasteiger charge is 2.03. The number of hydrogen-bond donors (Lipinski definition) is 1. The average molecular weight is 294 g/mol. The molecule has 0 saturated heterocycles. The van der Waals surface area contributed by atoms with Crippen molar-refractivity contribution in [3.63, 3.8) is 0 Å². The van der Waals surface area contributed by atoms with Crippen LogP contribution < -0.4 is 5.56 Å². The van der Waals surface area contributed by atoms with E-state index in [-0.39, 0.29) is 12.2 Å². The summed E-state index contributed by atoms with van der Waals surface area (Å²) in [6.07, 6.45) is 2.11. The van der Waals surface area contributed by atoms with E-state index in [4.69, 9.17) is 5.11 Å². The minimum absolute atomic E-state index is 0.0263. The Morgan fingerprint density at radius 1 is 1.69 bits per heavy atom. The molecule has 0 saturated carbocycles. The maximum absolute atomic E-state index is 11.5. The quantitative estimate of drug-likeness (QED) is 0.828. The summed E-state index contributed by atoms with van der Waals surface area (Å²) >= 11 is 1.99. The average Bonchev–Trinajstić information content (AvgIpc) is 2.13. The number of aliphatic hydroxyl groups is 1. The van der Waals surface area contributed by atoms with Crippen LogP contribution >= 0.6 is 22.6 Å². The van der Waals surface area contributed by atoms with Gasteiger partial charge in [0.05, 0.1) is 15.6 Å². The first-order chi connectivity index (χ1) is 6.16. The largest absolute Gasteiger partial charge is 0.396 e. The van der Waals surface area contributed by atoms with E-state index in [1.807, 2.05) is 22.6 Å². The Kier molecular flexibility index (Phi) is 3.86. The maximum atomic E-state index is 11.5. The van der Waals surface area contributed by atoms with Gasteiger partial charge in [0.15, 0.2) is 0 Å². The minimum Gasteiger partial charge on any atom is -0.396 e. The smallest absolute Gasteiger partial charge is 0.267 e. The van der Waals surface area contributed by atoms with Gasteiger partial charge in [-0.15, -0.1) is 0 Å². The molecule has 0 radical (unpaired) electrons. The van der Waals surface area contributed by atoms with Crippen molar-refractivity contribution in [2.24, 2.45) is 0 Å². The zero-order chi connectivity index (χ0) is 9.84. The second kappa shape index (κ2) is 4.71. The van der Waals surface area contributed by atoms with Crippen LogP contribution in [0.25, 0.3) is 0 Å². The Morgan fingerprint density at radius 3 is 3.00 bits per heavy atom. The van der Waals surface area contributed by atoms with Crippen LogP contribution in [0.3, 0.4) is 0 Å². The topological polar surface area (TPSA) is 55.1 Å². The summed E-state index contributed by atoms with van der Waals surface area (Å²) in [5, 5.41) is 8.60. The van der Waals surface area contributed by atoms with Crippen LogP contribution in [0, 0.1) is 10.5 Å². The summed E-state index contributed by atoms with van der Waals surface area (Å²) < 4.78 is 2.17. The van der Waals surface area contributed by atoms with Gasteiger partial charge in [-0.1, -0.05) is 0 Å². The van der Waals surface area contributed by atoms with Crippen molar-refractivity contribution >= 4 is 22.6 Å². The van der Waals surface area contributed by atoms with Crippen molar-refractivity contribution in [3.05, 3.63) is 25.9 Å². The predicted molar refractivity (Wildman–Crippen MR) is 57.7 cm³/mol. The Bertz CT molecular complexity index is 348. The number of aryl methyl sites for hydroxylation is 2. The fourth-order valence-corrected chi connectivity index (χ4v) is 1.40. The number of rotatable bonds is 3. The van der Waals surface area contributed by atoms with Gasteiger partial charge in [0.1, 0.15) is 0 Å². The van der Waals surface area contributed by atoms with Crippen molar-refractivity contribution in [1.29, 1.82) is 0 Å². The number of nitrogens with zero attached hydrogens (tertiary/aromatic N) is 2. The first-order valence-corrected chi connectivity index (χ1v) is 5.07. The van der Waals surface area contributed by atoms with Crippen molar-refractivity contribution in [3.8, 4) is 0 Å². The lowest BCUT2D eigenvalue weighted by atomic mass is 10.4. The molecule has 1 heterocycles. The zero-order valence-corrected chi connectivity index (χ0v) is 9.48. The Balaban J connectivity index is 2.97. The molecular weight excluding hydrogens is 283 g/mol. The molecule has 4 nitrogen and oxygen atoms in total. The summed E-state index contributed by atoms with van der Waals surface area (Å²) in [5.74, 6) is 0. The Morgan fingerprint density at radius 2 is 2.38 bits per heavy atom. The zero-order valence-electron chi connectivity index (χ0n) is 7.33. The molecule has 0 fully saturated rings. The van der Waals surface area contributed by atoms with Gasteiger partial charge in [-0.25, -0.2) is 4.98 Å². The van der Waals surface area contributed by atoms with Crippen LogP contribution in [-0.2, 0) is 6.54 Å².